The van der Waals surface area contributed by atoms with Crippen LogP contribution in [0.1, 0.15) is 34.9 Å². The smallest absolute Gasteiger partial charge is 0.255 e. The summed E-state index contributed by atoms with van der Waals surface area (Å²) in [5, 5.41) is 0. The number of thioether (sulfide) groups is 1. The van der Waals surface area contributed by atoms with E-state index in [-0.39, 0.29) is 5.91 Å². The monoisotopic (exact) mass is 315 g/mol. The normalized spacial score (nSPS) is 18.5. The molecule has 2 aromatic rings. The van der Waals surface area contributed by atoms with Crippen molar-refractivity contribution < 1.29 is 4.79 Å². The Morgan fingerprint density at radius 2 is 2.18 bits per heavy atom. The van der Waals surface area contributed by atoms with Gasteiger partial charge in [0.25, 0.3) is 5.91 Å². The number of piperidine rings is 1. The fraction of sp³-hybridized carbons (Fsp3) is 0.412. The predicted molar refractivity (Wildman–Crippen MR) is 89.3 cm³/mol. The van der Waals surface area contributed by atoms with Gasteiger partial charge in [0.1, 0.15) is 5.82 Å². The van der Waals surface area contributed by atoms with Crippen LogP contribution in [0.25, 0.3) is 0 Å². The van der Waals surface area contributed by atoms with Crippen molar-refractivity contribution in [2.24, 2.45) is 7.05 Å². The van der Waals surface area contributed by atoms with Crippen LogP contribution in [0.4, 0.5) is 0 Å². The van der Waals surface area contributed by atoms with Crippen molar-refractivity contribution in [2.75, 3.05) is 19.3 Å². The molecule has 1 atom stereocenters. The fourth-order valence-electron chi connectivity index (χ4n) is 3.13. The van der Waals surface area contributed by atoms with Gasteiger partial charge in [-0.3, -0.25) is 4.79 Å². The van der Waals surface area contributed by atoms with Gasteiger partial charge in [-0.2, -0.15) is 0 Å². The first-order chi connectivity index (χ1) is 10.7. The Balaban J connectivity index is 1.80. The van der Waals surface area contributed by atoms with Crippen molar-refractivity contribution in [1.82, 2.24) is 14.5 Å². The summed E-state index contributed by atoms with van der Waals surface area (Å²) in [7, 11) is 2.02. The lowest BCUT2D eigenvalue weighted by atomic mass is 9.96. The number of amides is 1. The van der Waals surface area contributed by atoms with Gasteiger partial charge in [-0.15, -0.1) is 11.8 Å². The lowest BCUT2D eigenvalue weighted by Crippen LogP contribution is -2.39. The van der Waals surface area contributed by atoms with Crippen LogP contribution < -0.4 is 0 Å². The van der Waals surface area contributed by atoms with E-state index in [1.54, 1.807) is 11.8 Å². The largest absolute Gasteiger partial charge is 0.338 e. The second-order valence-corrected chi connectivity index (χ2v) is 6.54. The average Bonchev–Trinajstić information content (AvgIpc) is 3.00. The summed E-state index contributed by atoms with van der Waals surface area (Å²) in [4.78, 5) is 20.4. The topological polar surface area (TPSA) is 38.1 Å². The molecule has 0 unspecified atom stereocenters. The summed E-state index contributed by atoms with van der Waals surface area (Å²) in [6.45, 7) is 1.59. The molecule has 1 saturated heterocycles. The van der Waals surface area contributed by atoms with Crippen molar-refractivity contribution in [3.63, 3.8) is 0 Å². The average molecular weight is 315 g/mol. The molecule has 22 heavy (non-hydrogen) atoms. The van der Waals surface area contributed by atoms with Crippen LogP contribution in [0.2, 0.25) is 0 Å². The van der Waals surface area contributed by atoms with Crippen LogP contribution in [0.3, 0.4) is 0 Å². The minimum Gasteiger partial charge on any atom is -0.338 e. The highest BCUT2D eigenvalue weighted by atomic mass is 32.2. The van der Waals surface area contributed by atoms with Gasteiger partial charge in [0.15, 0.2) is 0 Å². The standard InChI is InChI=1S/C17H21N3OS/c1-19-11-9-18-16(19)13-6-5-10-20(12-13)17(21)14-7-3-4-8-15(14)22-2/h3-4,7-9,11,13H,5-6,10,12H2,1-2H3/t13-/m1/s1. The van der Waals surface area contributed by atoms with Crippen molar-refractivity contribution >= 4 is 17.7 Å². The molecule has 0 aliphatic carbocycles. The first-order valence-corrected chi connectivity index (χ1v) is 8.82. The number of imidazole rings is 1. The van der Waals surface area contributed by atoms with Crippen LogP contribution in [0.5, 0.6) is 0 Å². The van der Waals surface area contributed by atoms with E-state index in [4.69, 9.17) is 0 Å². The van der Waals surface area contributed by atoms with Crippen LogP contribution in [-0.2, 0) is 7.05 Å². The number of aromatic nitrogens is 2. The Morgan fingerprint density at radius 1 is 1.36 bits per heavy atom. The number of hydrogen-bond acceptors (Lipinski definition) is 3. The van der Waals surface area contributed by atoms with Gasteiger partial charge in [0, 0.05) is 43.3 Å². The maximum atomic E-state index is 12.9. The Kier molecular flexibility index (Phi) is 4.52. The zero-order valence-corrected chi connectivity index (χ0v) is 13.8. The highest BCUT2D eigenvalue weighted by Crippen LogP contribution is 2.28. The number of benzene rings is 1. The highest BCUT2D eigenvalue weighted by molar-refractivity contribution is 7.98. The van der Waals surface area contributed by atoms with Crippen molar-refractivity contribution in [1.29, 1.82) is 0 Å². The molecule has 116 valence electrons. The third kappa shape index (κ3) is 2.90. The van der Waals surface area contributed by atoms with Gasteiger partial charge in [-0.05, 0) is 31.2 Å². The van der Waals surface area contributed by atoms with Gasteiger partial charge in [0.05, 0.1) is 5.56 Å². The molecule has 3 rings (SSSR count). The third-order valence-corrected chi connectivity index (χ3v) is 5.07. The summed E-state index contributed by atoms with van der Waals surface area (Å²) >= 11 is 1.62. The number of aryl methyl sites for hydroxylation is 1. The molecule has 4 nitrogen and oxygen atoms in total. The minimum absolute atomic E-state index is 0.142. The second kappa shape index (κ2) is 6.57. The van der Waals surface area contributed by atoms with E-state index in [1.165, 1.54) is 0 Å². The van der Waals surface area contributed by atoms with Gasteiger partial charge < -0.3 is 9.47 Å². The molecule has 1 aromatic heterocycles. The van der Waals surface area contributed by atoms with E-state index in [9.17, 15) is 4.79 Å². The molecule has 0 bridgehead atoms. The zero-order chi connectivity index (χ0) is 15.5. The zero-order valence-electron chi connectivity index (χ0n) is 13.0. The van der Waals surface area contributed by atoms with E-state index >= 15 is 0 Å². The number of hydrogen-bond donors (Lipinski definition) is 0. The summed E-state index contributed by atoms with van der Waals surface area (Å²) in [5.41, 5.74) is 0.815. The third-order valence-electron chi connectivity index (χ3n) is 4.27. The molecule has 5 heteroatoms. The lowest BCUT2D eigenvalue weighted by molar-refractivity contribution is 0.0700. The molecular formula is C17H21N3OS. The lowest BCUT2D eigenvalue weighted by Gasteiger charge is -2.32. The highest BCUT2D eigenvalue weighted by Gasteiger charge is 2.28. The van der Waals surface area contributed by atoms with E-state index in [2.05, 4.69) is 9.55 Å². The number of likely N-dealkylation sites (tertiary alicyclic amines) is 1. The summed E-state index contributed by atoms with van der Waals surface area (Å²) in [5.74, 6) is 1.55. The van der Waals surface area contributed by atoms with Gasteiger partial charge in [-0.25, -0.2) is 4.98 Å². The Hall–Kier alpha value is -1.75. The molecule has 2 heterocycles. The molecule has 1 fully saturated rings. The van der Waals surface area contributed by atoms with Crippen LogP contribution in [0.15, 0.2) is 41.6 Å². The molecule has 1 aliphatic rings. The summed E-state index contributed by atoms with van der Waals surface area (Å²) in [6.07, 6.45) is 7.95. The van der Waals surface area contributed by atoms with Gasteiger partial charge in [-0.1, -0.05) is 12.1 Å². The minimum atomic E-state index is 0.142. The first-order valence-electron chi connectivity index (χ1n) is 7.60. The predicted octanol–water partition coefficient (Wildman–Crippen LogP) is 3.16. The van der Waals surface area contributed by atoms with Crippen LogP contribution >= 0.6 is 11.8 Å². The molecule has 0 saturated carbocycles. The molecule has 0 spiro atoms. The van der Waals surface area contributed by atoms with Gasteiger partial charge in [0.2, 0.25) is 0 Å². The molecule has 1 aromatic carbocycles. The van der Waals surface area contributed by atoms with E-state index < -0.39 is 0 Å². The molecule has 0 N–H and O–H groups in total. The van der Waals surface area contributed by atoms with Crippen molar-refractivity contribution in [3.8, 4) is 0 Å². The first kappa shape index (κ1) is 15.2. The number of rotatable bonds is 3. The summed E-state index contributed by atoms with van der Waals surface area (Å²) in [6, 6.07) is 7.86. The quantitative estimate of drug-likeness (QED) is 0.817. The number of carbonyl (C=O) groups excluding carboxylic acids is 1. The van der Waals surface area contributed by atoms with Crippen LogP contribution in [0, 0.1) is 0 Å². The summed E-state index contributed by atoms with van der Waals surface area (Å²) < 4.78 is 2.06. The molecular weight excluding hydrogens is 294 g/mol. The molecule has 1 aliphatic heterocycles. The van der Waals surface area contributed by atoms with E-state index in [0.29, 0.717) is 5.92 Å². The SMILES string of the molecule is CSc1ccccc1C(=O)N1CCC[C@@H](c2nccn2C)C1. The van der Waals surface area contributed by atoms with Crippen molar-refractivity contribution in [2.45, 2.75) is 23.7 Å². The number of nitrogens with zero attached hydrogens (tertiary/aromatic N) is 3. The van der Waals surface area contributed by atoms with Gasteiger partial charge >= 0.3 is 0 Å². The van der Waals surface area contributed by atoms with Crippen LogP contribution in [-0.4, -0.2) is 39.7 Å². The molecule has 0 radical (unpaired) electrons. The fourth-order valence-corrected chi connectivity index (χ4v) is 3.72. The second-order valence-electron chi connectivity index (χ2n) is 5.69. The number of carbonyl (C=O) groups is 1. The maximum absolute atomic E-state index is 12.9. The Labute approximate surface area is 135 Å². The van der Waals surface area contributed by atoms with E-state index in [0.717, 1.165) is 42.2 Å². The van der Waals surface area contributed by atoms with Crippen molar-refractivity contribution in [3.05, 3.63) is 48.0 Å². The maximum Gasteiger partial charge on any atom is 0.255 e. The molecule has 1 amide bonds. The van der Waals surface area contributed by atoms with E-state index in [1.807, 2.05) is 54.9 Å². The Morgan fingerprint density at radius 3 is 2.91 bits per heavy atom. The Bertz CT molecular complexity index is 667.